The van der Waals surface area contributed by atoms with Crippen LogP contribution >= 0.6 is 0 Å². The number of carbonyl (C=O) groups is 1. The highest BCUT2D eigenvalue weighted by atomic mass is 32.2. The smallest absolute Gasteiger partial charge is 0.269 e. The molecule has 1 N–H and O–H groups in total. The molecule has 2 aliphatic rings. The first-order valence-corrected chi connectivity index (χ1v) is 13.1. The first-order valence-electron chi connectivity index (χ1n) is 9.78. The number of nitro groups is 1. The summed E-state index contributed by atoms with van der Waals surface area (Å²) < 4.78 is 57.6. The van der Waals surface area contributed by atoms with Crippen molar-refractivity contribution in [2.75, 3.05) is 32.5 Å². The molecule has 2 atom stereocenters. The Labute approximate surface area is 185 Å². The van der Waals surface area contributed by atoms with Crippen LogP contribution in [0.15, 0.2) is 29.2 Å². The van der Waals surface area contributed by atoms with Crippen LogP contribution in [-0.2, 0) is 34.4 Å². The number of carbonyl (C=O) groups excluding carboxylic acids is 1. The Morgan fingerprint density at radius 3 is 2.44 bits per heavy atom. The van der Waals surface area contributed by atoms with Crippen LogP contribution in [0.5, 0.6) is 0 Å². The maximum Gasteiger partial charge on any atom is 0.269 e. The summed E-state index contributed by atoms with van der Waals surface area (Å²) in [5, 5.41) is 10.8. The van der Waals surface area contributed by atoms with Gasteiger partial charge < -0.3 is 4.74 Å². The van der Waals surface area contributed by atoms with E-state index >= 15 is 0 Å². The molecule has 178 valence electrons. The van der Waals surface area contributed by atoms with E-state index in [0.29, 0.717) is 13.0 Å². The summed E-state index contributed by atoms with van der Waals surface area (Å²) in [6, 6.07) is 2.80. The lowest BCUT2D eigenvalue weighted by Gasteiger charge is -2.38. The highest BCUT2D eigenvalue weighted by Gasteiger charge is 2.42. The number of hydroxylamine groups is 1. The van der Waals surface area contributed by atoms with Crippen LogP contribution < -0.4 is 5.48 Å². The third-order valence-electron chi connectivity index (χ3n) is 5.15. The SMILES string of the molecule is CS(=O)(=O)N1CCN(S(=O)(=O)c2ccc([N+](=O)[O-])cc2)[C@@H](C(=O)NOC2CCCCO2)C1. The van der Waals surface area contributed by atoms with E-state index in [2.05, 4.69) is 5.48 Å². The number of ether oxygens (including phenoxy) is 1. The minimum atomic E-state index is -4.27. The van der Waals surface area contributed by atoms with E-state index < -0.39 is 49.8 Å². The number of sulfonamides is 2. The van der Waals surface area contributed by atoms with Gasteiger partial charge in [0.1, 0.15) is 6.04 Å². The van der Waals surface area contributed by atoms with E-state index in [4.69, 9.17) is 9.57 Å². The van der Waals surface area contributed by atoms with Crippen LogP contribution in [0.2, 0.25) is 0 Å². The summed E-state index contributed by atoms with van der Waals surface area (Å²) in [6.07, 6.45) is 2.54. The zero-order chi connectivity index (χ0) is 23.5. The van der Waals surface area contributed by atoms with E-state index in [-0.39, 0.29) is 23.7 Å². The quantitative estimate of drug-likeness (QED) is 0.401. The summed E-state index contributed by atoms with van der Waals surface area (Å²) >= 11 is 0. The number of nitro benzene ring substituents is 1. The molecule has 13 nitrogen and oxygen atoms in total. The summed E-state index contributed by atoms with van der Waals surface area (Å²) in [4.78, 5) is 28.0. The molecule has 2 heterocycles. The molecular weight excluding hydrogens is 468 g/mol. The molecule has 0 radical (unpaired) electrons. The zero-order valence-corrected chi connectivity index (χ0v) is 18.9. The largest absolute Gasteiger partial charge is 0.350 e. The van der Waals surface area contributed by atoms with Gasteiger partial charge in [0.05, 0.1) is 16.1 Å². The minimum absolute atomic E-state index is 0.151. The molecule has 15 heteroatoms. The van der Waals surface area contributed by atoms with Gasteiger partial charge in [0, 0.05) is 44.8 Å². The molecule has 0 bridgehead atoms. The molecule has 2 saturated heterocycles. The van der Waals surface area contributed by atoms with E-state index in [1.807, 2.05) is 0 Å². The van der Waals surface area contributed by atoms with Crippen LogP contribution in [0.1, 0.15) is 19.3 Å². The zero-order valence-electron chi connectivity index (χ0n) is 17.2. The minimum Gasteiger partial charge on any atom is -0.350 e. The number of rotatable bonds is 7. The van der Waals surface area contributed by atoms with Gasteiger partial charge in [-0.1, -0.05) is 0 Å². The van der Waals surface area contributed by atoms with E-state index in [1.54, 1.807) is 0 Å². The van der Waals surface area contributed by atoms with E-state index in [1.165, 1.54) is 0 Å². The van der Waals surface area contributed by atoms with Crippen molar-refractivity contribution in [2.24, 2.45) is 0 Å². The van der Waals surface area contributed by atoms with Gasteiger partial charge in [0.25, 0.3) is 11.6 Å². The summed E-state index contributed by atoms with van der Waals surface area (Å²) in [7, 11) is -7.95. The summed E-state index contributed by atoms with van der Waals surface area (Å²) in [5.74, 6) is -0.849. The number of amides is 1. The van der Waals surface area contributed by atoms with Crippen molar-refractivity contribution in [2.45, 2.75) is 36.5 Å². The van der Waals surface area contributed by atoms with Crippen molar-refractivity contribution >= 4 is 31.6 Å². The summed E-state index contributed by atoms with van der Waals surface area (Å²) in [6.45, 7) is -0.385. The third kappa shape index (κ3) is 5.60. The monoisotopic (exact) mass is 492 g/mol. The molecular formula is C17H24N4O9S2. The van der Waals surface area contributed by atoms with Crippen molar-refractivity contribution in [3.05, 3.63) is 34.4 Å². The molecule has 3 rings (SSSR count). The van der Waals surface area contributed by atoms with Crippen LogP contribution in [0.4, 0.5) is 5.69 Å². The van der Waals surface area contributed by atoms with Gasteiger partial charge in [-0.25, -0.2) is 27.2 Å². The second-order valence-corrected chi connectivity index (χ2v) is 11.3. The van der Waals surface area contributed by atoms with Crippen molar-refractivity contribution in [3.8, 4) is 0 Å². The third-order valence-corrected chi connectivity index (χ3v) is 8.34. The van der Waals surface area contributed by atoms with Gasteiger partial charge in [0.15, 0.2) is 6.29 Å². The number of hydrogen-bond acceptors (Lipinski definition) is 9. The molecule has 1 aromatic rings. The van der Waals surface area contributed by atoms with Crippen LogP contribution in [-0.4, -0.2) is 81.1 Å². The molecule has 0 spiro atoms. The average molecular weight is 493 g/mol. The molecule has 1 unspecified atom stereocenters. The predicted octanol–water partition coefficient (Wildman–Crippen LogP) is -0.196. The Morgan fingerprint density at radius 1 is 1.19 bits per heavy atom. The second-order valence-electron chi connectivity index (χ2n) is 7.38. The van der Waals surface area contributed by atoms with Gasteiger partial charge in [0.2, 0.25) is 20.0 Å². The van der Waals surface area contributed by atoms with Gasteiger partial charge in [-0.3, -0.25) is 14.9 Å². The molecule has 1 aromatic carbocycles. The van der Waals surface area contributed by atoms with E-state index in [0.717, 1.165) is 52.0 Å². The first kappa shape index (κ1) is 24.5. The fourth-order valence-corrected chi connectivity index (χ4v) is 5.81. The molecule has 0 aromatic heterocycles. The lowest BCUT2D eigenvalue weighted by Crippen LogP contribution is -2.61. The summed E-state index contributed by atoms with van der Waals surface area (Å²) in [5.41, 5.74) is 1.90. The average Bonchev–Trinajstić information content (AvgIpc) is 2.77. The second kappa shape index (κ2) is 9.76. The van der Waals surface area contributed by atoms with Crippen molar-refractivity contribution in [1.82, 2.24) is 14.1 Å². The Morgan fingerprint density at radius 2 is 1.88 bits per heavy atom. The number of benzene rings is 1. The normalized spacial score (nSPS) is 23.5. The maximum atomic E-state index is 13.2. The molecule has 0 saturated carbocycles. The lowest BCUT2D eigenvalue weighted by molar-refractivity contribution is -0.384. The van der Waals surface area contributed by atoms with Crippen LogP contribution in [0, 0.1) is 10.1 Å². The Hall–Kier alpha value is -2.17. The highest BCUT2D eigenvalue weighted by molar-refractivity contribution is 7.89. The Balaban J connectivity index is 1.83. The fraction of sp³-hybridized carbons (Fsp3) is 0.588. The van der Waals surface area contributed by atoms with Crippen molar-refractivity contribution < 1.29 is 36.1 Å². The Bertz CT molecular complexity index is 1050. The molecule has 32 heavy (non-hydrogen) atoms. The number of hydrogen-bond donors (Lipinski definition) is 1. The number of non-ortho nitro benzene ring substituents is 1. The van der Waals surface area contributed by atoms with E-state index in [9.17, 15) is 31.7 Å². The molecule has 0 aliphatic carbocycles. The van der Waals surface area contributed by atoms with Gasteiger partial charge in [-0.05, 0) is 25.0 Å². The highest BCUT2D eigenvalue weighted by Crippen LogP contribution is 2.25. The standard InChI is InChI=1S/C17H24N4O9S2/c1-31(25,26)19-9-10-20(32(27,28)14-7-5-13(6-8-14)21(23)24)15(12-19)17(22)18-30-16-4-2-3-11-29-16/h5-8,15-16H,2-4,9-12H2,1H3,(H,18,22)/t15-,16?/m1/s1. The predicted molar refractivity (Wildman–Crippen MR) is 110 cm³/mol. The Kier molecular flexibility index (Phi) is 7.46. The van der Waals surface area contributed by atoms with Gasteiger partial charge in [-0.2, -0.15) is 8.61 Å². The number of nitrogens with zero attached hydrogens (tertiary/aromatic N) is 3. The molecule has 1 amide bonds. The molecule has 2 aliphatic heterocycles. The first-order chi connectivity index (χ1) is 15.0. The van der Waals surface area contributed by atoms with Gasteiger partial charge in [-0.15, -0.1) is 0 Å². The lowest BCUT2D eigenvalue weighted by atomic mass is 10.2. The number of piperazine rings is 1. The molecule has 2 fully saturated rings. The fourth-order valence-electron chi connectivity index (χ4n) is 3.41. The maximum absolute atomic E-state index is 13.2. The van der Waals surface area contributed by atoms with Crippen molar-refractivity contribution in [1.29, 1.82) is 0 Å². The van der Waals surface area contributed by atoms with Gasteiger partial charge >= 0.3 is 0 Å². The van der Waals surface area contributed by atoms with Crippen LogP contribution in [0.25, 0.3) is 0 Å². The number of nitrogens with one attached hydrogen (secondary N) is 1. The van der Waals surface area contributed by atoms with Crippen molar-refractivity contribution in [3.63, 3.8) is 0 Å². The van der Waals surface area contributed by atoms with Crippen LogP contribution in [0.3, 0.4) is 0 Å². The topological polar surface area (TPSA) is 165 Å².